The Hall–Kier alpha value is -6.42. The number of hydrogen-bond acceptors (Lipinski definition) is 11. The van der Waals surface area contributed by atoms with Crippen molar-refractivity contribution in [1.82, 2.24) is 39.4 Å². The van der Waals surface area contributed by atoms with Gasteiger partial charge in [0, 0.05) is 68.4 Å². The van der Waals surface area contributed by atoms with Gasteiger partial charge in [-0.2, -0.15) is 5.10 Å². The molecule has 3 N–H and O–H groups in total. The Labute approximate surface area is 352 Å². The fourth-order valence-corrected chi connectivity index (χ4v) is 9.29. The highest BCUT2D eigenvalue weighted by Gasteiger charge is 2.45. The van der Waals surface area contributed by atoms with Crippen LogP contribution in [0, 0.1) is 18.7 Å². The van der Waals surface area contributed by atoms with E-state index in [1.54, 1.807) is 24.4 Å². The Balaban J connectivity index is 0.764. The molecule has 4 amide bonds. The number of nitrogens with one attached hydrogen (secondary N) is 1. The average molecular weight is 829 g/mol. The number of fused-ring (bicyclic) bond motifs is 1. The van der Waals surface area contributed by atoms with Crippen molar-refractivity contribution in [2.45, 2.75) is 77.1 Å². The summed E-state index contributed by atoms with van der Waals surface area (Å²) in [5.74, 6) is -1.05. The molecule has 4 aliphatic heterocycles. The second-order valence-electron chi connectivity index (χ2n) is 16.7. The van der Waals surface area contributed by atoms with Gasteiger partial charge in [0.05, 0.1) is 47.6 Å². The molecule has 0 spiro atoms. The highest BCUT2D eigenvalue weighted by molar-refractivity contribution is 6.23. The maximum Gasteiger partial charge on any atom is 0.262 e. The first kappa shape index (κ1) is 40.0. The van der Waals surface area contributed by atoms with Crippen molar-refractivity contribution in [1.29, 1.82) is 0 Å². The molecule has 3 aromatic heterocycles. The number of rotatable bonds is 11. The predicted molar refractivity (Wildman–Crippen MR) is 224 cm³/mol. The standard InChI is InChI=1S/C45H49FN10O5/c1-27-41(32-19-39(42(47)48-22-32)61-28(2)31-4-3-5-33(46)18-31)54(26-49-27)24-30-21-50-55(25-30)34-12-14-52(15-13-34)23-29-10-16-53(17-11-29)35-6-7-36-37(20-35)45(60)56(44(36)59)38-8-9-40(57)51-43(38)58/h3-7,18-22,25-26,28-29,34,38H,8-17,23-24H2,1-2H3,(H2,47,48)(H,51,57,58)/t28-,38?/m1/s1. The Morgan fingerprint density at radius 3 is 2.48 bits per heavy atom. The van der Waals surface area contributed by atoms with E-state index in [0.717, 1.165) is 91.5 Å². The second-order valence-corrected chi connectivity index (χ2v) is 16.7. The number of nitrogen functional groups attached to an aromatic ring is 1. The van der Waals surface area contributed by atoms with Gasteiger partial charge in [0.15, 0.2) is 11.6 Å². The molecule has 3 fully saturated rings. The van der Waals surface area contributed by atoms with Crippen molar-refractivity contribution in [3.8, 4) is 17.0 Å². The number of piperidine rings is 3. The molecule has 3 saturated heterocycles. The number of carbonyl (C=O) groups is 4. The van der Waals surface area contributed by atoms with Crippen LogP contribution in [0.1, 0.15) is 95.1 Å². The summed E-state index contributed by atoms with van der Waals surface area (Å²) in [6, 6.07) is 12.9. The van der Waals surface area contributed by atoms with Crippen LogP contribution < -0.4 is 20.7 Å². The number of likely N-dealkylation sites (tertiary alicyclic amines) is 1. The van der Waals surface area contributed by atoms with Crippen molar-refractivity contribution in [3.63, 3.8) is 0 Å². The van der Waals surface area contributed by atoms with Crippen LogP contribution in [-0.2, 0) is 16.1 Å². The van der Waals surface area contributed by atoms with Crippen LogP contribution in [0.4, 0.5) is 15.9 Å². The summed E-state index contributed by atoms with van der Waals surface area (Å²) in [6.45, 7) is 9.14. The van der Waals surface area contributed by atoms with E-state index in [1.807, 2.05) is 44.6 Å². The Bertz CT molecular complexity index is 2500. The Kier molecular flexibility index (Phi) is 10.9. The quantitative estimate of drug-likeness (QED) is 0.165. The Morgan fingerprint density at radius 1 is 0.918 bits per heavy atom. The van der Waals surface area contributed by atoms with Crippen LogP contribution in [0.5, 0.6) is 5.75 Å². The van der Waals surface area contributed by atoms with Crippen LogP contribution in [-0.4, -0.2) is 96.5 Å². The number of carbonyl (C=O) groups excluding carboxylic acids is 4. The van der Waals surface area contributed by atoms with E-state index in [-0.39, 0.29) is 24.5 Å². The minimum atomic E-state index is -0.972. The number of imide groups is 2. The third-order valence-corrected chi connectivity index (χ3v) is 12.7. The lowest BCUT2D eigenvalue weighted by atomic mass is 9.94. The van der Waals surface area contributed by atoms with E-state index in [9.17, 15) is 23.6 Å². The average Bonchev–Trinajstić information content (AvgIpc) is 3.94. The third kappa shape index (κ3) is 8.11. The van der Waals surface area contributed by atoms with Gasteiger partial charge in [-0.05, 0) is 93.8 Å². The number of imidazole rings is 1. The number of anilines is 2. The van der Waals surface area contributed by atoms with Crippen molar-refractivity contribution < 1.29 is 28.3 Å². The first-order valence-corrected chi connectivity index (χ1v) is 21.0. The molecule has 0 aliphatic carbocycles. The molecule has 61 heavy (non-hydrogen) atoms. The molecule has 7 heterocycles. The minimum absolute atomic E-state index is 0.0925. The molecule has 2 atom stereocenters. The molecule has 9 rings (SSSR count). The van der Waals surface area contributed by atoms with Gasteiger partial charge in [0.1, 0.15) is 18.0 Å². The molecule has 4 aliphatic rings. The number of aromatic nitrogens is 5. The summed E-state index contributed by atoms with van der Waals surface area (Å²) >= 11 is 0. The SMILES string of the molecule is Cc1ncn(Cc2cnn(C3CCN(CC4CCN(c5ccc6c(c5)C(=O)N(C5CCC(=O)NC5=O)C6=O)CC4)CC3)c2)c1-c1cnc(N)c(O[C@H](C)c2cccc(F)c2)c1. The van der Waals surface area contributed by atoms with E-state index in [1.165, 1.54) is 12.1 Å². The monoisotopic (exact) mass is 828 g/mol. The van der Waals surface area contributed by atoms with Gasteiger partial charge in [-0.25, -0.2) is 14.4 Å². The van der Waals surface area contributed by atoms with E-state index in [2.05, 4.69) is 40.5 Å². The summed E-state index contributed by atoms with van der Waals surface area (Å²) in [4.78, 5) is 65.5. The van der Waals surface area contributed by atoms with Gasteiger partial charge >= 0.3 is 0 Å². The molecule has 1 unspecified atom stereocenters. The van der Waals surface area contributed by atoms with Gasteiger partial charge in [-0.3, -0.25) is 34.1 Å². The van der Waals surface area contributed by atoms with Crippen LogP contribution in [0.2, 0.25) is 0 Å². The normalized spacial score (nSPS) is 19.7. The summed E-state index contributed by atoms with van der Waals surface area (Å²) in [7, 11) is 0. The maximum atomic E-state index is 13.9. The second kappa shape index (κ2) is 16.6. The molecule has 5 aromatic rings. The number of nitrogens with zero attached hydrogens (tertiary/aromatic N) is 8. The summed E-state index contributed by atoms with van der Waals surface area (Å²) in [5, 5.41) is 7.04. The summed E-state index contributed by atoms with van der Waals surface area (Å²) < 4.78 is 24.2. The van der Waals surface area contributed by atoms with E-state index < -0.39 is 35.8 Å². The number of benzene rings is 2. The number of amides is 4. The molecule has 0 saturated carbocycles. The number of ether oxygens (including phenoxy) is 1. The highest BCUT2D eigenvalue weighted by Crippen LogP contribution is 2.35. The lowest BCUT2D eigenvalue weighted by Crippen LogP contribution is -2.54. The van der Waals surface area contributed by atoms with Gasteiger partial charge < -0.3 is 24.8 Å². The van der Waals surface area contributed by atoms with Crippen LogP contribution in [0.25, 0.3) is 11.3 Å². The highest BCUT2D eigenvalue weighted by atomic mass is 19.1. The lowest BCUT2D eigenvalue weighted by Gasteiger charge is -2.38. The maximum absolute atomic E-state index is 13.9. The van der Waals surface area contributed by atoms with Crippen LogP contribution in [0.3, 0.4) is 0 Å². The molecule has 316 valence electrons. The third-order valence-electron chi connectivity index (χ3n) is 12.7. The zero-order valence-corrected chi connectivity index (χ0v) is 34.3. The first-order chi connectivity index (χ1) is 29.5. The number of hydrogen-bond donors (Lipinski definition) is 2. The lowest BCUT2D eigenvalue weighted by molar-refractivity contribution is -0.136. The van der Waals surface area contributed by atoms with Gasteiger partial charge in [0.2, 0.25) is 11.8 Å². The minimum Gasteiger partial charge on any atom is -0.482 e. The van der Waals surface area contributed by atoms with E-state index in [4.69, 9.17) is 15.6 Å². The molecule has 15 nitrogen and oxygen atoms in total. The smallest absolute Gasteiger partial charge is 0.262 e. The molecular weight excluding hydrogens is 780 g/mol. The molecule has 0 bridgehead atoms. The molecule has 16 heteroatoms. The topological polar surface area (TPSA) is 174 Å². The van der Waals surface area contributed by atoms with Gasteiger partial charge in [0.25, 0.3) is 11.8 Å². The van der Waals surface area contributed by atoms with Crippen molar-refractivity contribution in [2.75, 3.05) is 43.4 Å². The van der Waals surface area contributed by atoms with Crippen LogP contribution in [0.15, 0.2) is 73.4 Å². The van der Waals surface area contributed by atoms with Crippen LogP contribution >= 0.6 is 0 Å². The van der Waals surface area contributed by atoms with E-state index >= 15 is 0 Å². The van der Waals surface area contributed by atoms with Crippen molar-refractivity contribution >= 4 is 35.1 Å². The fraction of sp³-hybridized carbons (Fsp3) is 0.400. The van der Waals surface area contributed by atoms with Crippen molar-refractivity contribution in [3.05, 3.63) is 107 Å². The number of halogens is 1. The van der Waals surface area contributed by atoms with Crippen molar-refractivity contribution in [2.24, 2.45) is 5.92 Å². The first-order valence-electron chi connectivity index (χ1n) is 21.0. The summed E-state index contributed by atoms with van der Waals surface area (Å²) in [5.41, 5.74) is 12.1. The van der Waals surface area contributed by atoms with E-state index in [0.29, 0.717) is 40.9 Å². The predicted octanol–water partition coefficient (Wildman–Crippen LogP) is 5.31. The zero-order valence-electron chi connectivity index (χ0n) is 34.3. The van der Waals surface area contributed by atoms with Gasteiger partial charge in [-0.15, -0.1) is 0 Å². The Morgan fingerprint density at radius 2 is 1.70 bits per heavy atom. The summed E-state index contributed by atoms with van der Waals surface area (Å²) in [6.07, 6.45) is 11.5. The molecule has 0 radical (unpaired) electrons. The number of nitrogens with two attached hydrogens (primary N) is 1. The van der Waals surface area contributed by atoms with Gasteiger partial charge in [-0.1, -0.05) is 12.1 Å². The number of pyridine rings is 1. The molecular formula is C45H49FN10O5. The zero-order chi connectivity index (χ0) is 42.4. The largest absolute Gasteiger partial charge is 0.482 e. The fourth-order valence-electron chi connectivity index (χ4n) is 9.29. The number of aryl methyl sites for hydroxylation is 1. The molecule has 2 aromatic carbocycles.